The molecule has 26 nitrogen and oxygen atoms in total. The first-order chi connectivity index (χ1) is 50.8. The van der Waals surface area contributed by atoms with Crippen LogP contribution < -0.4 is 27.4 Å². The van der Waals surface area contributed by atoms with E-state index in [-0.39, 0.29) is 6.04 Å². The van der Waals surface area contributed by atoms with Crippen LogP contribution in [0.4, 0.5) is 17.5 Å². The Morgan fingerprint density at radius 1 is 0.457 bits per heavy atom. The predicted octanol–water partition coefficient (Wildman–Crippen LogP) is 11.7. The van der Waals surface area contributed by atoms with Gasteiger partial charge in [-0.05, 0) is 136 Å². The maximum Gasteiger partial charge on any atom is 0.211 e. The number of hydrogen-bond acceptors (Lipinski definition) is 21. The number of nitrogens with one attached hydrogen (secondary N) is 3. The van der Waals surface area contributed by atoms with Crippen LogP contribution in [0.25, 0.3) is 100 Å². The number of nitrogens with two attached hydrogens (primary N) is 2. The van der Waals surface area contributed by atoms with E-state index in [0.29, 0.717) is 97.1 Å². The minimum Gasteiger partial charge on any atom is -0.367 e. The minimum atomic E-state index is -3.18. The van der Waals surface area contributed by atoms with Crippen molar-refractivity contribution in [3.63, 3.8) is 0 Å². The number of fused-ring (bicyclic) bond motifs is 4. The first-order valence-electron chi connectivity index (χ1n) is 36.3. The molecule has 1 aliphatic heterocycles. The Kier molecular flexibility index (Phi) is 20.4. The average molecular weight is 1450 g/mol. The highest BCUT2D eigenvalue weighted by atomic mass is 32.2. The van der Waals surface area contributed by atoms with Crippen LogP contribution >= 0.6 is 11.3 Å². The number of rotatable bonds is 16. The summed E-state index contributed by atoms with van der Waals surface area (Å²) >= 11 is 1.49. The summed E-state index contributed by atoms with van der Waals surface area (Å²) in [6, 6.07) is 28.2. The van der Waals surface area contributed by atoms with Crippen LogP contribution in [0.5, 0.6) is 0 Å². The van der Waals surface area contributed by atoms with Gasteiger partial charge >= 0.3 is 0 Å². The van der Waals surface area contributed by atoms with Gasteiger partial charge in [0.05, 0.1) is 47.9 Å². The lowest BCUT2D eigenvalue weighted by atomic mass is 9.67. The first kappa shape index (κ1) is 70.4. The van der Waals surface area contributed by atoms with Crippen molar-refractivity contribution in [1.82, 2.24) is 93.3 Å². The second-order valence-corrected chi connectivity index (χ2v) is 32.2. The van der Waals surface area contributed by atoms with Gasteiger partial charge in [0.15, 0.2) is 22.5 Å². The van der Waals surface area contributed by atoms with Gasteiger partial charge < -0.3 is 27.4 Å². The van der Waals surface area contributed by atoms with Crippen LogP contribution in [0, 0.1) is 30.6 Å². The molecule has 1 saturated heterocycles. The summed E-state index contributed by atoms with van der Waals surface area (Å²) in [5.74, 6) is 6.78. The van der Waals surface area contributed by atoms with E-state index in [1.165, 1.54) is 60.4 Å². The Bertz CT molecular complexity index is 4910. The maximum atomic E-state index is 11.9. The monoisotopic (exact) mass is 1450 g/mol. The molecule has 542 valence electrons. The van der Waals surface area contributed by atoms with Gasteiger partial charge in [-0.1, -0.05) is 78.8 Å². The van der Waals surface area contributed by atoms with Crippen molar-refractivity contribution in [1.29, 1.82) is 0 Å². The fourth-order valence-electron chi connectivity index (χ4n) is 16.1. The summed E-state index contributed by atoms with van der Waals surface area (Å²) in [7, 11) is 6.44. The van der Waals surface area contributed by atoms with E-state index in [9.17, 15) is 8.42 Å². The zero-order chi connectivity index (χ0) is 72.5. The number of nitrogens with zero attached hydrogens (tertiary/aromatic N) is 19. The quantitative estimate of drug-likeness (QED) is 0.0600. The van der Waals surface area contributed by atoms with E-state index in [0.717, 1.165) is 125 Å². The topological polar surface area (TPSA) is 318 Å². The van der Waals surface area contributed by atoms with Gasteiger partial charge in [0.2, 0.25) is 10.0 Å². The molecule has 4 atom stereocenters. The molecule has 4 aliphatic carbocycles. The lowest BCUT2D eigenvalue weighted by molar-refractivity contribution is 0.149. The van der Waals surface area contributed by atoms with E-state index in [4.69, 9.17) is 36.4 Å². The number of hydrogen-bond donors (Lipinski definition) is 5. The zero-order valence-corrected chi connectivity index (χ0v) is 61.9. The van der Waals surface area contributed by atoms with Crippen LogP contribution in [0.3, 0.4) is 0 Å². The number of benzene rings is 3. The van der Waals surface area contributed by atoms with Crippen LogP contribution in [-0.4, -0.2) is 151 Å². The molecule has 0 spiro atoms. The smallest absolute Gasteiger partial charge is 0.211 e. The summed E-state index contributed by atoms with van der Waals surface area (Å²) in [4.78, 5) is 29.3. The van der Waals surface area contributed by atoms with Gasteiger partial charge in [-0.15, -0.1) is 10.2 Å². The summed E-state index contributed by atoms with van der Waals surface area (Å²) in [5.41, 5.74) is 26.6. The van der Waals surface area contributed by atoms with Gasteiger partial charge in [-0.2, -0.15) is 25.5 Å². The van der Waals surface area contributed by atoms with Crippen molar-refractivity contribution >= 4 is 38.8 Å². The van der Waals surface area contributed by atoms with E-state index in [1.54, 1.807) is 10.9 Å². The SMILES string of the molecule is Cc1nnc(-c2cnc(-c3cccc(-c4cnn(C)c4)c3)nc2NC2CCN(S(C)(=O)=O)CC2)s1.Cn1cc(-c2cccc(-c3ncc(-c4ccn(C)n4)c(NC4C5CCCC4CC(N)C5)n3)c2)cn1.Cn1cc(-c2cccc(-c3ncc(-c4cnn(C)c4)c(NC4C5CCCC4CC(N)C5)n3)c2)cn1. The summed E-state index contributed by atoms with van der Waals surface area (Å²) in [6.07, 6.45) is 37.6. The molecular formula is C77H90N24O2S2. The molecule has 12 aromatic rings. The Balaban J connectivity index is 0.000000126. The lowest BCUT2D eigenvalue weighted by Crippen LogP contribution is -2.49. The largest absolute Gasteiger partial charge is 0.367 e. The van der Waals surface area contributed by atoms with E-state index in [2.05, 4.69) is 105 Å². The molecule has 3 aromatic carbocycles. The Labute approximate surface area is 615 Å². The van der Waals surface area contributed by atoms with Crippen LogP contribution in [-0.2, 0) is 45.3 Å². The normalized spacial score (nSPS) is 21.0. The van der Waals surface area contributed by atoms with Gasteiger partial charge in [0, 0.05) is 173 Å². The molecule has 17 rings (SSSR count). The lowest BCUT2D eigenvalue weighted by Gasteiger charge is -2.45. The highest BCUT2D eigenvalue weighted by Crippen LogP contribution is 2.45. The van der Waals surface area contributed by atoms with Crippen molar-refractivity contribution < 1.29 is 8.42 Å². The van der Waals surface area contributed by atoms with E-state index >= 15 is 0 Å². The number of aromatic nitrogens is 18. The standard InChI is InChI=1S/2C27H32N8.C23H26N8O2S2/c1-34-15-21(12-30-34)17-5-3-8-20(9-17)26-29-14-24(22-13-31-35(2)16-22)27(33-26)32-25-18-6-4-7-19(25)11-23(28)10-18;1-34-10-9-24(33-34)23-15-29-26(20-8-3-5-17(11-20)21-14-30-35(2)16-21)32-27(23)31-25-18-6-4-7-19(25)13-22(28)12-18;1-15-28-29-23(34-15)20-13-24-21(17-6-4-5-16(11-17)18-12-25-30(2)14-18)27-22(20)26-19-7-9-31(10-8-19)35(3,32)33/h3,5,8-9,12-16,18-19,23,25H,4,6-7,10-11,28H2,1-2H3,(H,29,32,33);3,5,8-11,14-16,18-19,22,25H,4,6-7,12-13,28H2,1-2H3,(H,29,31,32);4-6,11-14,19H,7-10H2,1-3H3,(H,24,26,27). The molecule has 28 heteroatoms. The molecular weight excluding hydrogens is 1360 g/mol. The number of sulfonamides is 1. The fraction of sp³-hybridized carbons (Fsp3) is 0.390. The molecule has 0 amide bonds. The molecule has 0 radical (unpaired) electrons. The predicted molar refractivity (Wildman–Crippen MR) is 411 cm³/mol. The van der Waals surface area contributed by atoms with Gasteiger partial charge in [0.25, 0.3) is 0 Å². The molecule has 5 fully saturated rings. The second-order valence-electron chi connectivity index (χ2n) is 29.0. The number of aryl methyl sites for hydroxylation is 6. The third-order valence-electron chi connectivity index (χ3n) is 21.2. The first-order valence-corrected chi connectivity index (χ1v) is 38.9. The van der Waals surface area contributed by atoms with Crippen LogP contribution in [0.15, 0.2) is 153 Å². The van der Waals surface area contributed by atoms with Gasteiger partial charge in [-0.3, -0.25) is 23.4 Å². The van der Waals surface area contributed by atoms with Crippen molar-refractivity contribution in [3.8, 4) is 100 Å². The van der Waals surface area contributed by atoms with Crippen molar-refractivity contribution in [2.75, 3.05) is 35.3 Å². The molecule has 5 aliphatic rings. The van der Waals surface area contributed by atoms with E-state index in [1.807, 2.05) is 159 Å². The number of anilines is 3. The average Bonchev–Trinajstić information content (AvgIpc) is 1.70. The molecule has 4 unspecified atom stereocenters. The highest BCUT2D eigenvalue weighted by molar-refractivity contribution is 7.88. The van der Waals surface area contributed by atoms with Crippen LogP contribution in [0.1, 0.15) is 82.1 Å². The van der Waals surface area contributed by atoms with Crippen molar-refractivity contribution in [2.24, 2.45) is 70.4 Å². The van der Waals surface area contributed by atoms with Crippen LogP contribution in [0.2, 0.25) is 0 Å². The summed E-state index contributed by atoms with van der Waals surface area (Å²) in [6.45, 7) is 2.87. The molecule has 105 heavy (non-hydrogen) atoms. The third kappa shape index (κ3) is 16.2. The second kappa shape index (κ2) is 30.4. The Morgan fingerprint density at radius 3 is 1.25 bits per heavy atom. The highest BCUT2D eigenvalue weighted by Gasteiger charge is 2.41. The van der Waals surface area contributed by atoms with E-state index < -0.39 is 10.0 Å². The Morgan fingerprint density at radius 2 is 0.857 bits per heavy atom. The molecule has 4 bridgehead atoms. The minimum absolute atomic E-state index is 0.0882. The number of piperidine rings is 1. The molecule has 4 saturated carbocycles. The fourth-order valence-corrected chi connectivity index (χ4v) is 17.7. The molecule has 7 N–H and O–H groups in total. The summed E-state index contributed by atoms with van der Waals surface area (Å²) in [5, 5.41) is 43.3. The summed E-state index contributed by atoms with van der Waals surface area (Å²) < 4.78 is 34.3. The zero-order valence-electron chi connectivity index (χ0n) is 60.3. The van der Waals surface area contributed by atoms with Crippen molar-refractivity contribution in [2.45, 2.75) is 114 Å². The maximum absolute atomic E-state index is 11.9. The Hall–Kier alpha value is -10.3. The molecule has 10 heterocycles. The molecule has 9 aromatic heterocycles. The van der Waals surface area contributed by atoms with Crippen molar-refractivity contribution in [3.05, 3.63) is 158 Å². The van der Waals surface area contributed by atoms with Gasteiger partial charge in [-0.25, -0.2) is 42.6 Å². The van der Waals surface area contributed by atoms with Gasteiger partial charge in [0.1, 0.15) is 22.5 Å². The third-order valence-corrected chi connectivity index (χ3v) is 23.4.